The van der Waals surface area contributed by atoms with Crippen LogP contribution in [0.5, 0.6) is 0 Å². The maximum Gasteiger partial charge on any atom is 0.416 e. The molecule has 3 rings (SSSR count). The quantitative estimate of drug-likeness (QED) is 0.640. The Kier molecular flexibility index (Phi) is 6.73. The van der Waals surface area contributed by atoms with Crippen molar-refractivity contribution in [3.63, 3.8) is 0 Å². The monoisotopic (exact) mass is 439 g/mol. The van der Waals surface area contributed by atoms with Crippen LogP contribution in [0, 0.1) is 0 Å². The Balaban J connectivity index is 1.91. The summed E-state index contributed by atoms with van der Waals surface area (Å²) in [7, 11) is 0. The summed E-state index contributed by atoms with van der Waals surface area (Å²) in [4.78, 5) is 43.8. The van der Waals surface area contributed by atoms with Gasteiger partial charge in [-0.25, -0.2) is 0 Å². The first-order valence-electron chi connectivity index (χ1n) is 10.6. The zero-order chi connectivity index (χ0) is 22.8. The summed E-state index contributed by atoms with van der Waals surface area (Å²) in [6, 6.07) is 4.45. The first kappa shape index (κ1) is 23.2. The number of likely N-dealkylation sites (tertiary alicyclic amines) is 1. The third-order valence-electron chi connectivity index (χ3n) is 6.19. The van der Waals surface area contributed by atoms with E-state index in [1.54, 1.807) is 11.8 Å². The van der Waals surface area contributed by atoms with Gasteiger partial charge >= 0.3 is 6.18 Å². The summed E-state index contributed by atoms with van der Waals surface area (Å²) < 4.78 is 39.9. The number of carbonyl (C=O) groups excluding carboxylic acids is 3. The molecule has 6 nitrogen and oxygen atoms in total. The van der Waals surface area contributed by atoms with Crippen LogP contribution in [0.2, 0.25) is 0 Å². The van der Waals surface area contributed by atoms with Gasteiger partial charge in [0.1, 0.15) is 0 Å². The lowest BCUT2D eigenvalue weighted by Crippen LogP contribution is -2.51. The molecule has 2 saturated heterocycles. The molecule has 1 unspecified atom stereocenters. The van der Waals surface area contributed by atoms with Gasteiger partial charge in [0, 0.05) is 45.6 Å². The fourth-order valence-corrected chi connectivity index (χ4v) is 4.49. The van der Waals surface area contributed by atoms with Gasteiger partial charge in [-0.1, -0.05) is 25.1 Å². The van der Waals surface area contributed by atoms with Crippen molar-refractivity contribution in [1.82, 2.24) is 14.7 Å². The second kappa shape index (κ2) is 8.98. The van der Waals surface area contributed by atoms with Gasteiger partial charge in [0.25, 0.3) is 0 Å². The van der Waals surface area contributed by atoms with E-state index in [9.17, 15) is 27.6 Å². The second-order valence-electron chi connectivity index (χ2n) is 8.18. The molecule has 1 aromatic carbocycles. The molecule has 0 aromatic heterocycles. The molecule has 1 atom stereocenters. The molecule has 2 aliphatic heterocycles. The van der Waals surface area contributed by atoms with Crippen LogP contribution >= 0.6 is 0 Å². The molecule has 2 heterocycles. The summed E-state index contributed by atoms with van der Waals surface area (Å²) in [5, 5.41) is 0. The Hall–Kier alpha value is -2.42. The van der Waals surface area contributed by atoms with Crippen molar-refractivity contribution in [2.45, 2.75) is 44.7 Å². The Morgan fingerprint density at radius 1 is 1.10 bits per heavy atom. The van der Waals surface area contributed by atoms with Crippen molar-refractivity contribution >= 4 is 17.7 Å². The normalized spacial score (nSPS) is 23.0. The van der Waals surface area contributed by atoms with Crippen LogP contribution < -0.4 is 0 Å². The molecule has 0 spiro atoms. The molecule has 170 valence electrons. The largest absolute Gasteiger partial charge is 0.416 e. The molecule has 9 heteroatoms. The lowest BCUT2D eigenvalue weighted by Gasteiger charge is -2.36. The molecule has 3 amide bonds. The van der Waals surface area contributed by atoms with E-state index in [4.69, 9.17) is 0 Å². The highest BCUT2D eigenvalue weighted by Crippen LogP contribution is 2.42. The van der Waals surface area contributed by atoms with Crippen molar-refractivity contribution in [1.29, 1.82) is 0 Å². The summed E-state index contributed by atoms with van der Waals surface area (Å²) in [5.41, 5.74) is -2.44. The Labute approximate surface area is 180 Å². The highest BCUT2D eigenvalue weighted by Gasteiger charge is 2.54. The number of piperazine rings is 1. The molecular formula is C22H28F3N3O3. The number of carbonyl (C=O) groups is 3. The van der Waals surface area contributed by atoms with Gasteiger partial charge in [-0.3, -0.25) is 24.2 Å². The smallest absolute Gasteiger partial charge is 0.340 e. The summed E-state index contributed by atoms with van der Waals surface area (Å²) in [6.07, 6.45) is -4.20. The van der Waals surface area contributed by atoms with E-state index in [2.05, 4.69) is 11.8 Å². The number of rotatable bonds is 6. The molecule has 0 bridgehead atoms. The molecule has 2 aliphatic rings. The van der Waals surface area contributed by atoms with Gasteiger partial charge in [-0.2, -0.15) is 13.2 Å². The van der Waals surface area contributed by atoms with E-state index in [1.165, 1.54) is 12.1 Å². The lowest BCUT2D eigenvalue weighted by atomic mass is 9.75. The zero-order valence-corrected chi connectivity index (χ0v) is 17.9. The molecule has 1 aromatic rings. The van der Waals surface area contributed by atoms with Gasteiger partial charge in [0.15, 0.2) is 0 Å². The van der Waals surface area contributed by atoms with Crippen LogP contribution in [0.15, 0.2) is 24.3 Å². The third kappa shape index (κ3) is 4.61. The van der Waals surface area contributed by atoms with Crippen LogP contribution in [0.4, 0.5) is 13.2 Å². The van der Waals surface area contributed by atoms with E-state index in [1.807, 2.05) is 0 Å². The fraction of sp³-hybridized carbons (Fsp3) is 0.591. The summed E-state index contributed by atoms with van der Waals surface area (Å²) in [5.74, 6) is -1.38. The van der Waals surface area contributed by atoms with E-state index in [0.29, 0.717) is 26.2 Å². The maximum atomic E-state index is 13.3. The minimum absolute atomic E-state index is 0.0644. The van der Waals surface area contributed by atoms with Crippen molar-refractivity contribution < 1.29 is 27.6 Å². The number of imide groups is 1. The minimum Gasteiger partial charge on any atom is -0.340 e. The van der Waals surface area contributed by atoms with Crippen molar-refractivity contribution in [3.05, 3.63) is 35.4 Å². The minimum atomic E-state index is -4.59. The van der Waals surface area contributed by atoms with E-state index < -0.39 is 29.0 Å². The number of amides is 3. The fourth-order valence-electron chi connectivity index (χ4n) is 4.49. The number of likely N-dealkylation sites (N-methyl/N-ethyl adjacent to an activating group) is 1. The number of hydrogen-bond acceptors (Lipinski definition) is 4. The molecule has 0 N–H and O–H groups in total. The first-order valence-corrected chi connectivity index (χ1v) is 10.6. The molecule has 2 fully saturated rings. The van der Waals surface area contributed by atoms with E-state index in [-0.39, 0.29) is 30.9 Å². The van der Waals surface area contributed by atoms with Crippen LogP contribution in [0.3, 0.4) is 0 Å². The highest BCUT2D eigenvalue weighted by atomic mass is 19.4. The molecule has 0 saturated carbocycles. The number of halogens is 3. The summed E-state index contributed by atoms with van der Waals surface area (Å²) >= 11 is 0. The number of benzene rings is 1. The zero-order valence-electron chi connectivity index (χ0n) is 17.9. The van der Waals surface area contributed by atoms with Crippen LogP contribution in [0.25, 0.3) is 0 Å². The van der Waals surface area contributed by atoms with Gasteiger partial charge in [0.2, 0.25) is 17.7 Å². The predicted molar refractivity (Wildman–Crippen MR) is 108 cm³/mol. The van der Waals surface area contributed by atoms with Gasteiger partial charge < -0.3 is 4.90 Å². The Morgan fingerprint density at radius 3 is 2.32 bits per heavy atom. The molecule has 0 aliphatic carbocycles. The highest BCUT2D eigenvalue weighted by molar-refractivity contribution is 6.10. The first-order chi connectivity index (χ1) is 14.6. The Morgan fingerprint density at radius 2 is 1.77 bits per heavy atom. The molecule has 0 radical (unpaired) electrons. The van der Waals surface area contributed by atoms with E-state index in [0.717, 1.165) is 30.0 Å². The summed E-state index contributed by atoms with van der Waals surface area (Å²) in [6.45, 7) is 7.19. The average molecular weight is 439 g/mol. The van der Waals surface area contributed by atoms with Gasteiger partial charge in [-0.05, 0) is 31.5 Å². The van der Waals surface area contributed by atoms with Crippen LogP contribution in [0.1, 0.15) is 44.2 Å². The standard InChI is InChI=1S/C22H28F3N3O3/c1-3-8-26-9-11-27(12-10-26)18(29)14-21(15-19(30)28(4-2)20(21)31)16-6-5-7-17(13-16)22(23,24)25/h5-7,13H,3-4,8-12,14-15H2,1-2H3. The van der Waals surface area contributed by atoms with Crippen molar-refractivity contribution in [2.24, 2.45) is 0 Å². The number of nitrogens with zero attached hydrogens (tertiary/aromatic N) is 3. The average Bonchev–Trinajstić information content (AvgIpc) is 2.98. The van der Waals surface area contributed by atoms with E-state index >= 15 is 0 Å². The van der Waals surface area contributed by atoms with Gasteiger partial charge in [0.05, 0.1) is 11.0 Å². The van der Waals surface area contributed by atoms with Crippen LogP contribution in [-0.4, -0.2) is 71.7 Å². The molecule has 31 heavy (non-hydrogen) atoms. The second-order valence-corrected chi connectivity index (χ2v) is 8.18. The maximum absolute atomic E-state index is 13.3. The number of hydrogen-bond donors (Lipinski definition) is 0. The Bertz CT molecular complexity index is 850. The topological polar surface area (TPSA) is 60.9 Å². The predicted octanol–water partition coefficient (Wildman–Crippen LogP) is 2.67. The van der Waals surface area contributed by atoms with Gasteiger partial charge in [-0.15, -0.1) is 0 Å². The van der Waals surface area contributed by atoms with Crippen LogP contribution in [-0.2, 0) is 26.0 Å². The van der Waals surface area contributed by atoms with Crippen molar-refractivity contribution in [2.75, 3.05) is 39.3 Å². The molecular weight excluding hydrogens is 411 g/mol. The third-order valence-corrected chi connectivity index (χ3v) is 6.19. The SMILES string of the molecule is CCCN1CCN(C(=O)CC2(c3cccc(C(F)(F)F)c3)CC(=O)N(CC)C2=O)CC1. The lowest BCUT2D eigenvalue weighted by molar-refractivity contribution is -0.143. The number of alkyl halides is 3. The van der Waals surface area contributed by atoms with Crippen molar-refractivity contribution in [3.8, 4) is 0 Å².